The molecular formula is C14H27NO3S. The lowest BCUT2D eigenvalue weighted by molar-refractivity contribution is -0.130. The number of sulfone groups is 1. The Morgan fingerprint density at radius 2 is 1.84 bits per heavy atom. The van der Waals surface area contributed by atoms with Crippen LogP contribution in [0.25, 0.3) is 0 Å². The number of carbonyl (C=O) groups excluding carboxylic acids is 1. The van der Waals surface area contributed by atoms with Crippen LogP contribution in [0.3, 0.4) is 0 Å². The molecule has 0 N–H and O–H groups in total. The lowest BCUT2D eigenvalue weighted by atomic mass is 9.77. The van der Waals surface area contributed by atoms with Crippen molar-refractivity contribution >= 4 is 15.7 Å². The molecule has 1 aliphatic rings. The minimum absolute atomic E-state index is 0.0139. The van der Waals surface area contributed by atoms with Crippen LogP contribution < -0.4 is 0 Å². The van der Waals surface area contributed by atoms with Gasteiger partial charge in [0, 0.05) is 25.8 Å². The van der Waals surface area contributed by atoms with Crippen molar-refractivity contribution in [2.24, 2.45) is 11.3 Å². The molecule has 0 radical (unpaired) electrons. The third kappa shape index (κ3) is 5.93. The van der Waals surface area contributed by atoms with Crippen LogP contribution in [-0.4, -0.2) is 44.3 Å². The fourth-order valence-electron chi connectivity index (χ4n) is 2.64. The maximum atomic E-state index is 12.0. The third-order valence-corrected chi connectivity index (χ3v) is 4.94. The molecule has 0 aliphatic carbocycles. The van der Waals surface area contributed by atoms with Crippen LogP contribution in [-0.2, 0) is 14.6 Å². The molecule has 1 fully saturated rings. The lowest BCUT2D eigenvalue weighted by Crippen LogP contribution is -2.33. The molecule has 1 saturated heterocycles. The average Bonchev–Trinajstić information content (AvgIpc) is 2.49. The molecule has 0 aromatic rings. The summed E-state index contributed by atoms with van der Waals surface area (Å²) in [4.78, 5) is 13.9. The minimum atomic E-state index is -3.05. The van der Waals surface area contributed by atoms with E-state index in [0.717, 1.165) is 32.4 Å². The molecule has 4 nitrogen and oxygen atoms in total. The molecule has 0 spiro atoms. The molecule has 1 heterocycles. The summed E-state index contributed by atoms with van der Waals surface area (Å²) >= 11 is 0. The number of nitrogens with zero attached hydrogens (tertiary/aromatic N) is 1. The normalized spacial score (nSPS) is 22.1. The average molecular weight is 289 g/mol. The molecule has 0 aromatic heterocycles. The van der Waals surface area contributed by atoms with Crippen LogP contribution in [0.1, 0.15) is 46.5 Å². The van der Waals surface area contributed by atoms with Crippen molar-refractivity contribution < 1.29 is 13.2 Å². The number of amides is 1. The molecule has 1 atom stereocenters. The zero-order chi connectivity index (χ0) is 14.7. The summed E-state index contributed by atoms with van der Waals surface area (Å²) in [6.07, 6.45) is 4.50. The van der Waals surface area contributed by atoms with Gasteiger partial charge in [-0.25, -0.2) is 8.42 Å². The SMILES string of the molecule is CC(C)(C)C1CCCN(C(=O)CCS(C)(=O)=O)CC1. The van der Waals surface area contributed by atoms with Gasteiger partial charge in [-0.2, -0.15) is 0 Å². The highest BCUT2D eigenvalue weighted by Gasteiger charge is 2.28. The van der Waals surface area contributed by atoms with Crippen molar-refractivity contribution in [1.82, 2.24) is 4.90 Å². The van der Waals surface area contributed by atoms with Crippen LogP contribution >= 0.6 is 0 Å². The second-order valence-corrected chi connectivity index (χ2v) is 9.01. The van der Waals surface area contributed by atoms with Crippen LogP contribution in [0, 0.1) is 11.3 Å². The van der Waals surface area contributed by atoms with E-state index < -0.39 is 9.84 Å². The van der Waals surface area contributed by atoms with Crippen molar-refractivity contribution in [1.29, 1.82) is 0 Å². The predicted octanol–water partition coefficient (Wildman–Crippen LogP) is 2.10. The Balaban J connectivity index is 2.51. The van der Waals surface area contributed by atoms with Gasteiger partial charge in [0.2, 0.25) is 5.91 Å². The number of likely N-dealkylation sites (tertiary alicyclic amines) is 1. The topological polar surface area (TPSA) is 54.5 Å². The van der Waals surface area contributed by atoms with E-state index in [4.69, 9.17) is 0 Å². The maximum absolute atomic E-state index is 12.0. The zero-order valence-electron chi connectivity index (χ0n) is 12.6. The smallest absolute Gasteiger partial charge is 0.223 e. The third-order valence-electron chi connectivity index (χ3n) is 3.99. The standard InChI is InChI=1S/C14H27NO3S/c1-14(2,3)12-6-5-9-15(10-7-12)13(16)8-11-19(4,17)18/h12H,5-11H2,1-4H3. The summed E-state index contributed by atoms with van der Waals surface area (Å²) in [7, 11) is -3.05. The Bertz CT molecular complexity index is 409. The predicted molar refractivity (Wildman–Crippen MR) is 77.7 cm³/mol. The Morgan fingerprint density at radius 3 is 2.37 bits per heavy atom. The Labute approximate surface area is 117 Å². The van der Waals surface area contributed by atoms with E-state index in [2.05, 4.69) is 20.8 Å². The van der Waals surface area contributed by atoms with Gasteiger partial charge in [-0.15, -0.1) is 0 Å². The van der Waals surface area contributed by atoms with Gasteiger partial charge in [-0.05, 0) is 30.6 Å². The summed E-state index contributed by atoms with van der Waals surface area (Å²) in [6.45, 7) is 8.29. The molecule has 1 amide bonds. The molecule has 1 unspecified atom stereocenters. The first-order chi connectivity index (χ1) is 8.59. The summed E-state index contributed by atoms with van der Waals surface area (Å²) in [6, 6.07) is 0. The summed E-state index contributed by atoms with van der Waals surface area (Å²) in [5, 5.41) is 0. The van der Waals surface area contributed by atoms with Crippen LogP contribution in [0.2, 0.25) is 0 Å². The number of carbonyl (C=O) groups is 1. The maximum Gasteiger partial charge on any atom is 0.223 e. The van der Waals surface area contributed by atoms with E-state index in [-0.39, 0.29) is 23.5 Å². The van der Waals surface area contributed by atoms with Crippen molar-refractivity contribution in [3.63, 3.8) is 0 Å². The molecule has 0 bridgehead atoms. The fourth-order valence-corrected chi connectivity index (χ4v) is 3.19. The highest BCUT2D eigenvalue weighted by Crippen LogP contribution is 2.34. The summed E-state index contributed by atoms with van der Waals surface area (Å²) < 4.78 is 22.2. The first kappa shape index (κ1) is 16.5. The van der Waals surface area contributed by atoms with E-state index in [1.165, 1.54) is 6.26 Å². The molecular weight excluding hydrogens is 262 g/mol. The largest absolute Gasteiger partial charge is 0.343 e. The van der Waals surface area contributed by atoms with Crippen LogP contribution in [0.15, 0.2) is 0 Å². The second-order valence-electron chi connectivity index (χ2n) is 6.75. The highest BCUT2D eigenvalue weighted by molar-refractivity contribution is 7.90. The number of rotatable bonds is 3. The van der Waals surface area contributed by atoms with Crippen LogP contribution in [0.4, 0.5) is 0 Å². The summed E-state index contributed by atoms with van der Waals surface area (Å²) in [5.74, 6) is 0.589. The van der Waals surface area contributed by atoms with Gasteiger partial charge in [0.15, 0.2) is 0 Å². The van der Waals surface area contributed by atoms with Crippen molar-refractivity contribution in [3.8, 4) is 0 Å². The molecule has 1 aliphatic heterocycles. The number of hydrogen-bond donors (Lipinski definition) is 0. The van der Waals surface area contributed by atoms with Gasteiger partial charge in [-0.3, -0.25) is 4.79 Å². The van der Waals surface area contributed by atoms with Gasteiger partial charge < -0.3 is 4.90 Å². The van der Waals surface area contributed by atoms with E-state index in [1.807, 2.05) is 4.90 Å². The van der Waals surface area contributed by atoms with Gasteiger partial charge in [0.25, 0.3) is 0 Å². The van der Waals surface area contributed by atoms with Crippen molar-refractivity contribution in [2.75, 3.05) is 25.1 Å². The molecule has 0 saturated carbocycles. The fraction of sp³-hybridized carbons (Fsp3) is 0.929. The molecule has 0 aromatic carbocycles. The molecule has 5 heteroatoms. The quantitative estimate of drug-likeness (QED) is 0.799. The van der Waals surface area contributed by atoms with E-state index in [9.17, 15) is 13.2 Å². The first-order valence-corrected chi connectivity index (χ1v) is 9.11. The van der Waals surface area contributed by atoms with Gasteiger partial charge >= 0.3 is 0 Å². The van der Waals surface area contributed by atoms with E-state index in [1.54, 1.807) is 0 Å². The van der Waals surface area contributed by atoms with Crippen LogP contribution in [0.5, 0.6) is 0 Å². The lowest BCUT2D eigenvalue weighted by Gasteiger charge is -2.29. The van der Waals surface area contributed by atoms with Crippen molar-refractivity contribution in [2.45, 2.75) is 46.5 Å². The zero-order valence-corrected chi connectivity index (χ0v) is 13.4. The van der Waals surface area contributed by atoms with E-state index in [0.29, 0.717) is 5.92 Å². The monoisotopic (exact) mass is 289 g/mol. The van der Waals surface area contributed by atoms with Gasteiger partial charge in [-0.1, -0.05) is 20.8 Å². The van der Waals surface area contributed by atoms with Gasteiger partial charge in [0.1, 0.15) is 9.84 Å². The van der Waals surface area contributed by atoms with Crippen molar-refractivity contribution in [3.05, 3.63) is 0 Å². The molecule has 1 rings (SSSR count). The number of hydrogen-bond acceptors (Lipinski definition) is 3. The first-order valence-electron chi connectivity index (χ1n) is 7.05. The Hall–Kier alpha value is -0.580. The minimum Gasteiger partial charge on any atom is -0.343 e. The Kier molecular flexibility index (Phi) is 5.42. The summed E-state index contributed by atoms with van der Waals surface area (Å²) in [5.41, 5.74) is 0.284. The second kappa shape index (κ2) is 6.25. The van der Waals surface area contributed by atoms with Gasteiger partial charge in [0.05, 0.1) is 5.75 Å². The Morgan fingerprint density at radius 1 is 1.21 bits per heavy atom. The van der Waals surface area contributed by atoms with E-state index >= 15 is 0 Å². The molecule has 19 heavy (non-hydrogen) atoms. The molecule has 112 valence electrons. The highest BCUT2D eigenvalue weighted by atomic mass is 32.2.